The minimum atomic E-state index is 0.758. The van der Waals surface area contributed by atoms with E-state index in [1.54, 1.807) is 0 Å². The second kappa shape index (κ2) is 5.98. The van der Waals surface area contributed by atoms with Crippen LogP contribution in [0.25, 0.3) is 11.1 Å². The molecule has 0 aliphatic heterocycles. The van der Waals surface area contributed by atoms with Crippen LogP contribution in [-0.2, 0) is 6.54 Å². The molecule has 94 valence electrons. The van der Waals surface area contributed by atoms with Crippen molar-refractivity contribution in [3.05, 3.63) is 53.3 Å². The highest BCUT2D eigenvalue weighted by molar-refractivity contribution is 6.30. The van der Waals surface area contributed by atoms with Crippen molar-refractivity contribution < 1.29 is 0 Å². The van der Waals surface area contributed by atoms with E-state index in [-0.39, 0.29) is 0 Å². The average molecular weight is 261 g/mol. The summed E-state index contributed by atoms with van der Waals surface area (Å²) in [5, 5.41) is 0.758. The van der Waals surface area contributed by atoms with Crippen LogP contribution in [0.1, 0.15) is 12.5 Å². The Morgan fingerprint density at radius 2 is 1.83 bits per heavy atom. The van der Waals surface area contributed by atoms with E-state index in [1.807, 2.05) is 36.7 Å². The number of hydrogen-bond acceptors (Lipinski definition) is 2. The number of hydrogen-bond donors (Lipinski definition) is 0. The zero-order valence-corrected chi connectivity index (χ0v) is 11.5. The SMILES string of the molecule is CCN(C)Cc1cncc(-c2ccc(Cl)cc2)c1. The van der Waals surface area contributed by atoms with E-state index in [0.29, 0.717) is 0 Å². The van der Waals surface area contributed by atoms with Gasteiger partial charge in [0, 0.05) is 29.5 Å². The molecule has 3 heteroatoms. The van der Waals surface area contributed by atoms with Crippen molar-refractivity contribution in [3.8, 4) is 11.1 Å². The second-order valence-electron chi connectivity index (χ2n) is 4.42. The Kier molecular flexibility index (Phi) is 4.34. The molecule has 0 saturated carbocycles. The maximum atomic E-state index is 5.90. The van der Waals surface area contributed by atoms with E-state index in [0.717, 1.165) is 29.2 Å². The predicted molar refractivity (Wildman–Crippen MR) is 76.7 cm³/mol. The van der Waals surface area contributed by atoms with Gasteiger partial charge < -0.3 is 4.90 Å². The van der Waals surface area contributed by atoms with E-state index in [9.17, 15) is 0 Å². The third kappa shape index (κ3) is 3.31. The van der Waals surface area contributed by atoms with Gasteiger partial charge in [-0.25, -0.2) is 0 Å². The van der Waals surface area contributed by atoms with Gasteiger partial charge in [-0.05, 0) is 42.9 Å². The Hall–Kier alpha value is -1.38. The molecule has 0 fully saturated rings. The molecule has 0 amide bonds. The minimum Gasteiger partial charge on any atom is -0.302 e. The highest BCUT2D eigenvalue weighted by atomic mass is 35.5. The van der Waals surface area contributed by atoms with Gasteiger partial charge >= 0.3 is 0 Å². The van der Waals surface area contributed by atoms with E-state index in [1.165, 1.54) is 5.56 Å². The minimum absolute atomic E-state index is 0.758. The third-order valence-electron chi connectivity index (χ3n) is 2.96. The quantitative estimate of drug-likeness (QED) is 0.830. The van der Waals surface area contributed by atoms with Crippen LogP contribution in [0.4, 0.5) is 0 Å². The fraction of sp³-hybridized carbons (Fsp3) is 0.267. The number of pyridine rings is 1. The second-order valence-corrected chi connectivity index (χ2v) is 4.86. The maximum absolute atomic E-state index is 5.90. The summed E-state index contributed by atoms with van der Waals surface area (Å²) in [5.74, 6) is 0. The van der Waals surface area contributed by atoms with Crippen LogP contribution in [0.3, 0.4) is 0 Å². The molecule has 0 atom stereocenters. The molecule has 0 spiro atoms. The van der Waals surface area contributed by atoms with E-state index in [2.05, 4.69) is 29.9 Å². The molecule has 1 aromatic heterocycles. The summed E-state index contributed by atoms with van der Waals surface area (Å²) in [5.41, 5.74) is 3.51. The summed E-state index contributed by atoms with van der Waals surface area (Å²) in [6, 6.07) is 10.0. The van der Waals surface area contributed by atoms with Crippen LogP contribution in [0.2, 0.25) is 5.02 Å². The van der Waals surface area contributed by atoms with Gasteiger partial charge in [0.15, 0.2) is 0 Å². The van der Waals surface area contributed by atoms with Gasteiger partial charge in [-0.15, -0.1) is 0 Å². The number of aromatic nitrogens is 1. The summed E-state index contributed by atoms with van der Waals surface area (Å²) in [6.45, 7) is 4.10. The van der Waals surface area contributed by atoms with Crippen LogP contribution in [0.15, 0.2) is 42.7 Å². The Bertz CT molecular complexity index is 508. The fourth-order valence-corrected chi connectivity index (χ4v) is 1.92. The molecule has 0 aliphatic rings. The molecule has 0 radical (unpaired) electrons. The zero-order chi connectivity index (χ0) is 13.0. The molecule has 0 bridgehead atoms. The molecule has 2 aromatic rings. The average Bonchev–Trinajstić information content (AvgIpc) is 2.40. The van der Waals surface area contributed by atoms with Gasteiger partial charge in [0.1, 0.15) is 0 Å². The number of halogens is 1. The van der Waals surface area contributed by atoms with Crippen molar-refractivity contribution in [2.24, 2.45) is 0 Å². The largest absolute Gasteiger partial charge is 0.302 e. The van der Waals surface area contributed by atoms with Gasteiger partial charge in [-0.2, -0.15) is 0 Å². The molecule has 18 heavy (non-hydrogen) atoms. The van der Waals surface area contributed by atoms with Crippen LogP contribution in [0, 0.1) is 0 Å². The summed E-state index contributed by atoms with van der Waals surface area (Å²) in [4.78, 5) is 6.56. The standard InChI is InChI=1S/C15H17ClN2/c1-3-18(2)11-12-8-14(10-17-9-12)13-4-6-15(16)7-5-13/h4-10H,3,11H2,1-2H3. The highest BCUT2D eigenvalue weighted by Gasteiger charge is 2.02. The smallest absolute Gasteiger partial charge is 0.0406 e. The molecule has 2 nitrogen and oxygen atoms in total. The van der Waals surface area contributed by atoms with Crippen LogP contribution >= 0.6 is 11.6 Å². The van der Waals surface area contributed by atoms with E-state index >= 15 is 0 Å². The van der Waals surface area contributed by atoms with Crippen LogP contribution < -0.4 is 0 Å². The zero-order valence-electron chi connectivity index (χ0n) is 10.7. The third-order valence-corrected chi connectivity index (χ3v) is 3.22. The number of benzene rings is 1. The molecule has 0 aliphatic carbocycles. The van der Waals surface area contributed by atoms with Gasteiger partial charge in [-0.1, -0.05) is 30.7 Å². The van der Waals surface area contributed by atoms with Crippen LogP contribution in [0.5, 0.6) is 0 Å². The van der Waals surface area contributed by atoms with E-state index in [4.69, 9.17) is 11.6 Å². The molecule has 0 unspecified atom stereocenters. The first-order chi connectivity index (χ1) is 8.69. The first-order valence-electron chi connectivity index (χ1n) is 6.07. The molecular weight excluding hydrogens is 244 g/mol. The van der Waals surface area contributed by atoms with Crippen molar-refractivity contribution in [1.29, 1.82) is 0 Å². The topological polar surface area (TPSA) is 16.1 Å². The Morgan fingerprint density at radius 1 is 1.11 bits per heavy atom. The maximum Gasteiger partial charge on any atom is 0.0406 e. The lowest BCUT2D eigenvalue weighted by Gasteiger charge is -2.14. The Balaban J connectivity index is 2.24. The predicted octanol–water partition coefficient (Wildman–Crippen LogP) is 3.85. The monoisotopic (exact) mass is 260 g/mol. The molecule has 1 heterocycles. The van der Waals surface area contributed by atoms with Crippen LogP contribution in [-0.4, -0.2) is 23.5 Å². The molecular formula is C15H17ClN2. The normalized spacial score (nSPS) is 10.9. The molecule has 1 aromatic carbocycles. The summed E-state index contributed by atoms with van der Waals surface area (Å²) in [6.07, 6.45) is 3.81. The molecule has 2 rings (SSSR count). The Labute approximate surface area is 113 Å². The summed E-state index contributed by atoms with van der Waals surface area (Å²) < 4.78 is 0. The van der Waals surface area contributed by atoms with Crippen molar-refractivity contribution in [2.75, 3.05) is 13.6 Å². The fourth-order valence-electron chi connectivity index (χ4n) is 1.80. The van der Waals surface area contributed by atoms with Gasteiger partial charge in [-0.3, -0.25) is 4.98 Å². The number of nitrogens with zero attached hydrogens (tertiary/aromatic N) is 2. The van der Waals surface area contributed by atoms with Gasteiger partial charge in [0.25, 0.3) is 0 Å². The van der Waals surface area contributed by atoms with Crippen molar-refractivity contribution in [2.45, 2.75) is 13.5 Å². The number of rotatable bonds is 4. The highest BCUT2D eigenvalue weighted by Crippen LogP contribution is 2.21. The first kappa shape index (κ1) is 13.1. The van der Waals surface area contributed by atoms with Crippen molar-refractivity contribution >= 4 is 11.6 Å². The van der Waals surface area contributed by atoms with Crippen molar-refractivity contribution in [1.82, 2.24) is 9.88 Å². The first-order valence-corrected chi connectivity index (χ1v) is 6.45. The summed E-state index contributed by atoms with van der Waals surface area (Å²) in [7, 11) is 2.11. The molecule has 0 saturated heterocycles. The van der Waals surface area contributed by atoms with Gasteiger partial charge in [0.05, 0.1) is 0 Å². The lowest BCUT2D eigenvalue weighted by Crippen LogP contribution is -2.16. The van der Waals surface area contributed by atoms with Crippen molar-refractivity contribution in [3.63, 3.8) is 0 Å². The van der Waals surface area contributed by atoms with Gasteiger partial charge in [0.2, 0.25) is 0 Å². The Morgan fingerprint density at radius 3 is 2.50 bits per heavy atom. The summed E-state index contributed by atoms with van der Waals surface area (Å²) >= 11 is 5.90. The van der Waals surface area contributed by atoms with E-state index < -0.39 is 0 Å². The lowest BCUT2D eigenvalue weighted by molar-refractivity contribution is 0.345. The molecule has 0 N–H and O–H groups in total. The lowest BCUT2D eigenvalue weighted by atomic mass is 10.1.